The van der Waals surface area contributed by atoms with Gasteiger partial charge in [-0.1, -0.05) is 48.0 Å². The molecule has 0 amide bonds. The first-order valence-electron chi connectivity index (χ1n) is 7.45. The molecule has 116 valence electrons. The lowest BCUT2D eigenvalue weighted by molar-refractivity contribution is 1.09. The highest BCUT2D eigenvalue weighted by Gasteiger charge is 2.07. The number of hydrogen-bond acceptors (Lipinski definition) is 4. The molecular weight excluding hydrogens is 308 g/mol. The molecule has 0 unspecified atom stereocenters. The quantitative estimate of drug-likeness (QED) is 0.695. The molecule has 0 aliphatic carbocycles. The highest BCUT2D eigenvalue weighted by atomic mass is 35.5. The third-order valence-electron chi connectivity index (χ3n) is 3.23. The van der Waals surface area contributed by atoms with Crippen LogP contribution in [0.25, 0.3) is 11.3 Å². The van der Waals surface area contributed by atoms with Crippen molar-refractivity contribution in [2.75, 3.05) is 17.2 Å². The Kier molecular flexibility index (Phi) is 4.74. The number of halogens is 1. The highest BCUT2D eigenvalue weighted by Crippen LogP contribution is 2.24. The van der Waals surface area contributed by atoms with Crippen LogP contribution >= 0.6 is 11.6 Å². The zero-order chi connectivity index (χ0) is 16.1. The van der Waals surface area contributed by atoms with E-state index in [1.807, 2.05) is 67.6 Å². The van der Waals surface area contributed by atoms with E-state index in [2.05, 4.69) is 20.6 Å². The second kappa shape index (κ2) is 7.11. The molecule has 0 spiro atoms. The molecule has 0 saturated heterocycles. The number of rotatable bonds is 5. The van der Waals surface area contributed by atoms with Gasteiger partial charge in [-0.3, -0.25) is 0 Å². The third-order valence-corrected chi connectivity index (χ3v) is 3.46. The summed E-state index contributed by atoms with van der Waals surface area (Å²) >= 11 is 6.03. The molecule has 3 aromatic rings. The molecule has 0 aliphatic heterocycles. The minimum absolute atomic E-state index is 0.596. The van der Waals surface area contributed by atoms with E-state index in [1.54, 1.807) is 0 Å². The summed E-state index contributed by atoms with van der Waals surface area (Å²) in [5.74, 6) is 1.32. The fraction of sp³-hybridized carbons (Fsp3) is 0.111. The minimum Gasteiger partial charge on any atom is -0.354 e. The van der Waals surface area contributed by atoms with Gasteiger partial charge in [-0.2, -0.15) is 4.98 Å². The number of benzene rings is 2. The number of nitrogens with zero attached hydrogens (tertiary/aromatic N) is 2. The Balaban J connectivity index is 1.97. The Morgan fingerprint density at radius 2 is 1.78 bits per heavy atom. The second-order valence-corrected chi connectivity index (χ2v) is 5.43. The summed E-state index contributed by atoms with van der Waals surface area (Å²) in [7, 11) is 0. The topological polar surface area (TPSA) is 49.8 Å². The maximum absolute atomic E-state index is 6.03. The van der Waals surface area contributed by atoms with Crippen LogP contribution in [0.1, 0.15) is 6.92 Å². The van der Waals surface area contributed by atoms with Gasteiger partial charge in [0.1, 0.15) is 5.82 Å². The van der Waals surface area contributed by atoms with Crippen LogP contribution in [0.3, 0.4) is 0 Å². The fourth-order valence-corrected chi connectivity index (χ4v) is 2.41. The Morgan fingerprint density at radius 1 is 0.957 bits per heavy atom. The Hall–Kier alpha value is -2.59. The van der Waals surface area contributed by atoms with Gasteiger partial charge < -0.3 is 10.6 Å². The lowest BCUT2D eigenvalue weighted by atomic mass is 10.1. The van der Waals surface area contributed by atoms with Crippen LogP contribution in [0, 0.1) is 0 Å². The van der Waals surface area contributed by atoms with Gasteiger partial charge in [0.15, 0.2) is 0 Å². The summed E-state index contributed by atoms with van der Waals surface area (Å²) in [6, 6.07) is 19.5. The van der Waals surface area contributed by atoms with Crippen LogP contribution in [-0.4, -0.2) is 16.5 Å². The van der Waals surface area contributed by atoms with E-state index in [-0.39, 0.29) is 0 Å². The predicted molar refractivity (Wildman–Crippen MR) is 96.4 cm³/mol. The standard InChI is InChI=1S/C18H17ClN4/c1-2-20-18-22-16(13-7-4-3-5-8-13)12-17(23-18)21-15-10-6-9-14(19)11-15/h3-12H,2H2,1H3,(H2,20,21,22,23). The van der Waals surface area contributed by atoms with Crippen molar-refractivity contribution in [2.24, 2.45) is 0 Å². The fourth-order valence-electron chi connectivity index (χ4n) is 2.22. The average Bonchev–Trinajstić information content (AvgIpc) is 2.56. The smallest absolute Gasteiger partial charge is 0.225 e. The SMILES string of the molecule is CCNc1nc(Nc2cccc(Cl)c2)cc(-c2ccccc2)n1. The number of hydrogen-bond donors (Lipinski definition) is 2. The number of aromatic nitrogens is 2. The van der Waals surface area contributed by atoms with E-state index in [1.165, 1.54) is 0 Å². The zero-order valence-electron chi connectivity index (χ0n) is 12.8. The van der Waals surface area contributed by atoms with Crippen molar-refractivity contribution in [2.45, 2.75) is 6.92 Å². The number of nitrogens with one attached hydrogen (secondary N) is 2. The molecule has 1 heterocycles. The molecule has 0 atom stereocenters. The Labute approximate surface area is 140 Å². The van der Waals surface area contributed by atoms with Crippen molar-refractivity contribution in [3.05, 3.63) is 65.7 Å². The van der Waals surface area contributed by atoms with Gasteiger partial charge in [-0.15, -0.1) is 0 Å². The molecule has 1 aromatic heterocycles. The van der Waals surface area contributed by atoms with Gasteiger partial charge in [0.2, 0.25) is 5.95 Å². The second-order valence-electron chi connectivity index (χ2n) is 4.99. The van der Waals surface area contributed by atoms with Crippen molar-refractivity contribution >= 4 is 29.1 Å². The summed E-state index contributed by atoms with van der Waals surface area (Å²) in [6.07, 6.45) is 0. The summed E-state index contributed by atoms with van der Waals surface area (Å²) in [4.78, 5) is 9.06. The molecule has 3 rings (SSSR count). The molecular formula is C18H17ClN4. The molecule has 0 radical (unpaired) electrons. The highest BCUT2D eigenvalue weighted by molar-refractivity contribution is 6.30. The molecule has 23 heavy (non-hydrogen) atoms. The van der Waals surface area contributed by atoms with Crippen LogP contribution in [0.5, 0.6) is 0 Å². The largest absolute Gasteiger partial charge is 0.354 e. The molecule has 0 aliphatic rings. The lowest BCUT2D eigenvalue weighted by Gasteiger charge is -2.11. The summed E-state index contributed by atoms with van der Waals surface area (Å²) in [5, 5.41) is 7.12. The maximum atomic E-state index is 6.03. The first kappa shape index (κ1) is 15.3. The molecule has 0 saturated carbocycles. The van der Waals surface area contributed by atoms with Gasteiger partial charge in [-0.25, -0.2) is 4.98 Å². The van der Waals surface area contributed by atoms with E-state index in [4.69, 9.17) is 11.6 Å². The summed E-state index contributed by atoms with van der Waals surface area (Å²) in [6.45, 7) is 2.78. The maximum Gasteiger partial charge on any atom is 0.225 e. The van der Waals surface area contributed by atoms with Crippen molar-refractivity contribution in [3.63, 3.8) is 0 Å². The molecule has 2 aromatic carbocycles. The van der Waals surface area contributed by atoms with Crippen LogP contribution < -0.4 is 10.6 Å². The van der Waals surface area contributed by atoms with Gasteiger partial charge in [0.25, 0.3) is 0 Å². The number of anilines is 3. The molecule has 5 heteroatoms. The van der Waals surface area contributed by atoms with E-state index >= 15 is 0 Å². The predicted octanol–water partition coefficient (Wildman–Crippen LogP) is 4.97. The third kappa shape index (κ3) is 3.99. The summed E-state index contributed by atoms with van der Waals surface area (Å²) < 4.78 is 0. The van der Waals surface area contributed by atoms with Crippen LogP contribution in [0.4, 0.5) is 17.5 Å². The van der Waals surface area contributed by atoms with E-state index < -0.39 is 0 Å². The Morgan fingerprint density at radius 3 is 2.52 bits per heavy atom. The molecule has 4 nitrogen and oxygen atoms in total. The van der Waals surface area contributed by atoms with Crippen molar-refractivity contribution in [3.8, 4) is 11.3 Å². The normalized spacial score (nSPS) is 10.3. The average molecular weight is 325 g/mol. The van der Waals surface area contributed by atoms with Crippen LogP contribution in [-0.2, 0) is 0 Å². The Bertz CT molecular complexity index is 790. The zero-order valence-corrected chi connectivity index (χ0v) is 13.5. The van der Waals surface area contributed by atoms with Crippen molar-refractivity contribution < 1.29 is 0 Å². The molecule has 0 fully saturated rings. The van der Waals surface area contributed by atoms with E-state index in [0.717, 1.165) is 29.3 Å². The molecule has 2 N–H and O–H groups in total. The first-order chi connectivity index (χ1) is 11.2. The monoisotopic (exact) mass is 324 g/mol. The van der Waals surface area contributed by atoms with Gasteiger partial charge in [0.05, 0.1) is 5.69 Å². The molecule has 0 bridgehead atoms. The van der Waals surface area contributed by atoms with Gasteiger partial charge in [0, 0.05) is 28.9 Å². The summed E-state index contributed by atoms with van der Waals surface area (Å²) in [5.41, 5.74) is 2.79. The van der Waals surface area contributed by atoms with Gasteiger partial charge >= 0.3 is 0 Å². The van der Waals surface area contributed by atoms with Crippen molar-refractivity contribution in [1.29, 1.82) is 0 Å². The first-order valence-corrected chi connectivity index (χ1v) is 7.83. The van der Waals surface area contributed by atoms with Gasteiger partial charge in [-0.05, 0) is 25.1 Å². The lowest BCUT2D eigenvalue weighted by Crippen LogP contribution is -2.05. The minimum atomic E-state index is 0.596. The van der Waals surface area contributed by atoms with Crippen molar-refractivity contribution in [1.82, 2.24) is 9.97 Å². The van der Waals surface area contributed by atoms with Crippen LogP contribution in [0.15, 0.2) is 60.7 Å². The van der Waals surface area contributed by atoms with E-state index in [9.17, 15) is 0 Å². The van der Waals surface area contributed by atoms with Crippen LogP contribution in [0.2, 0.25) is 5.02 Å². The van der Waals surface area contributed by atoms with E-state index in [0.29, 0.717) is 11.0 Å².